The van der Waals surface area contributed by atoms with Crippen LogP contribution in [0.2, 0.25) is 0 Å². The third-order valence-electron chi connectivity index (χ3n) is 4.89. The van der Waals surface area contributed by atoms with Crippen LogP contribution in [0.5, 0.6) is 0 Å². The van der Waals surface area contributed by atoms with Gasteiger partial charge in [-0.1, -0.05) is 12.1 Å². The standard InChI is InChI=1S/C18H25FN2O2/c1-12(22)14-3-2-10-21(11-14)17(18(23)20-16-8-9-16)13-4-6-15(19)7-5-13/h4-7,12,14,16-17,22H,2-3,8-11H2,1H3,(H,20,23). The van der Waals surface area contributed by atoms with Gasteiger partial charge in [-0.3, -0.25) is 9.69 Å². The number of benzene rings is 1. The van der Waals surface area contributed by atoms with Gasteiger partial charge in [0.2, 0.25) is 5.91 Å². The molecule has 1 saturated heterocycles. The fraction of sp³-hybridized carbons (Fsp3) is 0.611. The van der Waals surface area contributed by atoms with Crippen molar-refractivity contribution in [1.82, 2.24) is 10.2 Å². The molecule has 0 radical (unpaired) electrons. The molecular formula is C18H25FN2O2. The second kappa shape index (κ2) is 6.97. The first-order valence-electron chi connectivity index (χ1n) is 8.52. The SMILES string of the molecule is CC(O)C1CCCN(C(C(=O)NC2CC2)c2ccc(F)cc2)C1. The van der Waals surface area contributed by atoms with Gasteiger partial charge in [0.25, 0.3) is 0 Å². The Morgan fingerprint density at radius 2 is 2.00 bits per heavy atom. The number of hydrogen-bond acceptors (Lipinski definition) is 3. The Morgan fingerprint density at radius 3 is 2.61 bits per heavy atom. The topological polar surface area (TPSA) is 52.6 Å². The predicted octanol–water partition coefficient (Wildman–Crippen LogP) is 2.24. The fourth-order valence-electron chi connectivity index (χ4n) is 3.35. The van der Waals surface area contributed by atoms with E-state index in [4.69, 9.17) is 0 Å². The lowest BCUT2D eigenvalue weighted by Crippen LogP contribution is -2.47. The summed E-state index contributed by atoms with van der Waals surface area (Å²) in [5.41, 5.74) is 0.816. The lowest BCUT2D eigenvalue weighted by atomic mass is 9.91. The van der Waals surface area contributed by atoms with Gasteiger partial charge in [-0.25, -0.2) is 4.39 Å². The van der Waals surface area contributed by atoms with Gasteiger partial charge in [-0.15, -0.1) is 0 Å². The second-order valence-corrected chi connectivity index (χ2v) is 6.87. The molecule has 3 unspecified atom stereocenters. The Morgan fingerprint density at radius 1 is 1.30 bits per heavy atom. The molecule has 2 aliphatic rings. The molecule has 1 aliphatic heterocycles. The molecule has 1 aromatic carbocycles. The van der Waals surface area contributed by atoms with Crippen molar-refractivity contribution in [3.8, 4) is 0 Å². The monoisotopic (exact) mass is 320 g/mol. The van der Waals surface area contributed by atoms with E-state index in [0.717, 1.165) is 37.8 Å². The molecule has 126 valence electrons. The molecule has 5 heteroatoms. The van der Waals surface area contributed by atoms with Crippen molar-refractivity contribution in [3.05, 3.63) is 35.6 Å². The van der Waals surface area contributed by atoms with Crippen LogP contribution < -0.4 is 5.32 Å². The van der Waals surface area contributed by atoms with Crippen LogP contribution in [0.4, 0.5) is 4.39 Å². The summed E-state index contributed by atoms with van der Waals surface area (Å²) in [5, 5.41) is 13.0. The first-order chi connectivity index (χ1) is 11.0. The third kappa shape index (κ3) is 4.09. The van der Waals surface area contributed by atoms with Gasteiger partial charge in [-0.2, -0.15) is 0 Å². The predicted molar refractivity (Wildman–Crippen MR) is 86.3 cm³/mol. The lowest BCUT2D eigenvalue weighted by Gasteiger charge is -2.38. The normalized spacial score (nSPS) is 24.9. The van der Waals surface area contributed by atoms with Crippen molar-refractivity contribution in [2.75, 3.05) is 13.1 Å². The lowest BCUT2D eigenvalue weighted by molar-refractivity contribution is -0.128. The van der Waals surface area contributed by atoms with E-state index >= 15 is 0 Å². The van der Waals surface area contributed by atoms with Crippen LogP contribution >= 0.6 is 0 Å². The van der Waals surface area contributed by atoms with Crippen molar-refractivity contribution in [2.24, 2.45) is 5.92 Å². The number of hydrogen-bond donors (Lipinski definition) is 2. The zero-order valence-electron chi connectivity index (χ0n) is 13.5. The van der Waals surface area contributed by atoms with Crippen LogP contribution in [-0.4, -0.2) is 41.1 Å². The number of amides is 1. The molecule has 3 atom stereocenters. The molecule has 1 aromatic rings. The maximum Gasteiger partial charge on any atom is 0.242 e. The van der Waals surface area contributed by atoms with E-state index in [1.54, 1.807) is 12.1 Å². The molecule has 1 aliphatic carbocycles. The summed E-state index contributed by atoms with van der Waals surface area (Å²) in [6.45, 7) is 3.33. The summed E-state index contributed by atoms with van der Waals surface area (Å²) in [5.74, 6) is -0.124. The molecule has 4 nitrogen and oxygen atoms in total. The number of aliphatic hydroxyl groups excluding tert-OH is 1. The average Bonchev–Trinajstić information content (AvgIpc) is 3.34. The number of piperidine rings is 1. The van der Waals surface area contributed by atoms with E-state index in [1.807, 2.05) is 6.92 Å². The Kier molecular flexibility index (Phi) is 4.97. The second-order valence-electron chi connectivity index (χ2n) is 6.87. The molecular weight excluding hydrogens is 295 g/mol. The summed E-state index contributed by atoms with van der Waals surface area (Å²) in [4.78, 5) is 14.9. The van der Waals surface area contributed by atoms with E-state index in [0.29, 0.717) is 12.6 Å². The van der Waals surface area contributed by atoms with Crippen molar-refractivity contribution < 1.29 is 14.3 Å². The number of nitrogens with zero attached hydrogens (tertiary/aromatic N) is 1. The minimum absolute atomic E-state index is 0.00893. The summed E-state index contributed by atoms with van der Waals surface area (Å²) >= 11 is 0. The smallest absolute Gasteiger partial charge is 0.242 e. The van der Waals surface area contributed by atoms with E-state index in [9.17, 15) is 14.3 Å². The Balaban J connectivity index is 1.81. The van der Waals surface area contributed by atoms with Gasteiger partial charge in [0.1, 0.15) is 11.9 Å². The highest BCUT2D eigenvalue weighted by molar-refractivity contribution is 5.83. The van der Waals surface area contributed by atoms with Gasteiger partial charge in [0.15, 0.2) is 0 Å². The molecule has 23 heavy (non-hydrogen) atoms. The van der Waals surface area contributed by atoms with E-state index in [1.165, 1.54) is 12.1 Å². The van der Waals surface area contributed by atoms with Gasteiger partial charge in [-0.05, 0) is 62.8 Å². The van der Waals surface area contributed by atoms with Crippen LogP contribution in [0.25, 0.3) is 0 Å². The number of rotatable bonds is 5. The number of aliphatic hydroxyl groups is 1. The molecule has 1 heterocycles. The van der Waals surface area contributed by atoms with Crippen LogP contribution in [0.15, 0.2) is 24.3 Å². The zero-order chi connectivity index (χ0) is 16.4. The van der Waals surface area contributed by atoms with Gasteiger partial charge >= 0.3 is 0 Å². The molecule has 2 fully saturated rings. The highest BCUT2D eigenvalue weighted by Crippen LogP contribution is 2.30. The van der Waals surface area contributed by atoms with Gasteiger partial charge in [0.05, 0.1) is 6.10 Å². The highest BCUT2D eigenvalue weighted by atomic mass is 19.1. The van der Waals surface area contributed by atoms with Crippen molar-refractivity contribution in [3.63, 3.8) is 0 Å². The maximum atomic E-state index is 13.2. The maximum absolute atomic E-state index is 13.2. The minimum atomic E-state index is -0.405. The van der Waals surface area contributed by atoms with Gasteiger partial charge < -0.3 is 10.4 Å². The number of carbonyl (C=O) groups excluding carboxylic acids is 1. The number of carbonyl (C=O) groups is 1. The van der Waals surface area contributed by atoms with E-state index in [2.05, 4.69) is 10.2 Å². The summed E-state index contributed by atoms with van der Waals surface area (Å²) < 4.78 is 13.2. The molecule has 3 rings (SSSR count). The molecule has 1 saturated carbocycles. The molecule has 0 bridgehead atoms. The van der Waals surface area contributed by atoms with E-state index < -0.39 is 6.04 Å². The molecule has 1 amide bonds. The van der Waals surface area contributed by atoms with Crippen molar-refractivity contribution in [2.45, 2.75) is 50.8 Å². The number of likely N-dealkylation sites (tertiary alicyclic amines) is 1. The minimum Gasteiger partial charge on any atom is -0.393 e. The Hall–Kier alpha value is -1.46. The number of nitrogens with one attached hydrogen (secondary N) is 1. The van der Waals surface area contributed by atoms with Crippen LogP contribution in [0.1, 0.15) is 44.2 Å². The number of halogens is 1. The van der Waals surface area contributed by atoms with E-state index in [-0.39, 0.29) is 23.7 Å². The summed E-state index contributed by atoms with van der Waals surface area (Å²) in [7, 11) is 0. The molecule has 0 aromatic heterocycles. The van der Waals surface area contributed by atoms with Crippen molar-refractivity contribution in [1.29, 1.82) is 0 Å². The zero-order valence-corrected chi connectivity index (χ0v) is 13.5. The molecule has 0 spiro atoms. The first kappa shape index (κ1) is 16.4. The highest BCUT2D eigenvalue weighted by Gasteiger charge is 2.35. The van der Waals surface area contributed by atoms with Gasteiger partial charge in [0, 0.05) is 12.6 Å². The largest absolute Gasteiger partial charge is 0.393 e. The Labute approximate surface area is 136 Å². The average molecular weight is 320 g/mol. The quantitative estimate of drug-likeness (QED) is 0.875. The summed E-state index contributed by atoms with van der Waals surface area (Å²) in [6.07, 6.45) is 3.65. The van der Waals surface area contributed by atoms with Crippen LogP contribution in [0, 0.1) is 11.7 Å². The van der Waals surface area contributed by atoms with Crippen LogP contribution in [0.3, 0.4) is 0 Å². The Bertz CT molecular complexity index is 542. The molecule has 2 N–H and O–H groups in total. The third-order valence-corrected chi connectivity index (χ3v) is 4.89. The first-order valence-corrected chi connectivity index (χ1v) is 8.52. The fourth-order valence-corrected chi connectivity index (χ4v) is 3.35. The van der Waals surface area contributed by atoms with Crippen LogP contribution in [-0.2, 0) is 4.79 Å². The summed E-state index contributed by atoms with van der Waals surface area (Å²) in [6, 6.07) is 6.09. The van der Waals surface area contributed by atoms with Crippen molar-refractivity contribution >= 4 is 5.91 Å².